The maximum atomic E-state index is 11.3. The van der Waals surface area contributed by atoms with Gasteiger partial charge in [-0.05, 0) is 18.2 Å². The lowest BCUT2D eigenvalue weighted by molar-refractivity contribution is 0.0593. The van der Waals surface area contributed by atoms with Crippen LogP contribution in [0.15, 0.2) is 42.6 Å². The van der Waals surface area contributed by atoms with Crippen LogP contribution in [0.4, 0.5) is 5.69 Å². The highest BCUT2D eigenvalue weighted by molar-refractivity contribution is 5.87. The van der Waals surface area contributed by atoms with E-state index in [1.165, 1.54) is 19.4 Å². The maximum Gasteiger partial charge on any atom is 0.356 e. The number of para-hydroxylation sites is 2. The molecular weight excluding hydrogens is 232 g/mol. The molecule has 2 aromatic rings. The van der Waals surface area contributed by atoms with Crippen molar-refractivity contribution in [2.75, 3.05) is 12.8 Å². The lowest BCUT2D eigenvalue weighted by Gasteiger charge is -2.08. The average Bonchev–Trinajstić information content (AvgIpc) is 2.41. The van der Waals surface area contributed by atoms with Crippen molar-refractivity contribution in [2.24, 2.45) is 0 Å². The largest absolute Gasteiger partial charge is 0.464 e. The Balaban J connectivity index is 2.25. The molecule has 0 saturated carbocycles. The van der Waals surface area contributed by atoms with E-state index in [4.69, 9.17) is 10.5 Å². The Morgan fingerprint density at radius 1 is 1.28 bits per heavy atom. The highest BCUT2D eigenvalue weighted by atomic mass is 16.5. The van der Waals surface area contributed by atoms with Crippen molar-refractivity contribution in [3.63, 3.8) is 0 Å². The quantitative estimate of drug-likeness (QED) is 0.662. The zero-order valence-corrected chi connectivity index (χ0v) is 9.79. The van der Waals surface area contributed by atoms with Gasteiger partial charge in [0.25, 0.3) is 0 Å². The molecule has 0 fully saturated rings. The summed E-state index contributed by atoms with van der Waals surface area (Å²) in [6, 6.07) is 10.2. The Morgan fingerprint density at radius 2 is 2.06 bits per heavy atom. The van der Waals surface area contributed by atoms with Crippen molar-refractivity contribution in [1.82, 2.24) is 4.98 Å². The number of rotatable bonds is 3. The van der Waals surface area contributed by atoms with Gasteiger partial charge in [0.2, 0.25) is 0 Å². The zero-order valence-electron chi connectivity index (χ0n) is 9.79. The van der Waals surface area contributed by atoms with Gasteiger partial charge >= 0.3 is 5.97 Å². The lowest BCUT2D eigenvalue weighted by atomic mass is 10.3. The molecule has 2 rings (SSSR count). The summed E-state index contributed by atoms with van der Waals surface area (Å²) in [5.41, 5.74) is 6.47. The van der Waals surface area contributed by atoms with E-state index in [-0.39, 0.29) is 5.69 Å². The molecule has 0 spiro atoms. The van der Waals surface area contributed by atoms with Crippen LogP contribution in [-0.2, 0) is 4.74 Å². The molecule has 1 aromatic carbocycles. The van der Waals surface area contributed by atoms with Gasteiger partial charge in [-0.2, -0.15) is 0 Å². The summed E-state index contributed by atoms with van der Waals surface area (Å²) >= 11 is 0. The lowest BCUT2D eigenvalue weighted by Crippen LogP contribution is -2.04. The van der Waals surface area contributed by atoms with Crippen molar-refractivity contribution in [1.29, 1.82) is 0 Å². The third-order valence-corrected chi connectivity index (χ3v) is 2.27. The fourth-order valence-corrected chi connectivity index (χ4v) is 1.39. The van der Waals surface area contributed by atoms with Gasteiger partial charge in [-0.25, -0.2) is 9.78 Å². The number of hydrogen-bond acceptors (Lipinski definition) is 5. The molecule has 92 valence electrons. The monoisotopic (exact) mass is 244 g/mol. The highest BCUT2D eigenvalue weighted by Crippen LogP contribution is 2.26. The third kappa shape index (κ3) is 2.57. The zero-order chi connectivity index (χ0) is 13.0. The van der Waals surface area contributed by atoms with E-state index in [1.54, 1.807) is 18.2 Å². The van der Waals surface area contributed by atoms with Crippen molar-refractivity contribution in [2.45, 2.75) is 0 Å². The van der Waals surface area contributed by atoms with E-state index in [9.17, 15) is 4.79 Å². The summed E-state index contributed by atoms with van der Waals surface area (Å²) in [6.07, 6.45) is 1.47. The molecule has 0 bridgehead atoms. The van der Waals surface area contributed by atoms with Crippen LogP contribution in [0.5, 0.6) is 11.5 Å². The first-order valence-electron chi connectivity index (χ1n) is 5.27. The van der Waals surface area contributed by atoms with Crippen LogP contribution >= 0.6 is 0 Å². The van der Waals surface area contributed by atoms with Crippen LogP contribution in [-0.4, -0.2) is 18.1 Å². The second-order valence-corrected chi connectivity index (χ2v) is 3.51. The molecule has 0 unspecified atom stereocenters. The Labute approximate surface area is 104 Å². The van der Waals surface area contributed by atoms with Crippen LogP contribution in [0, 0.1) is 0 Å². The normalized spacial score (nSPS) is 9.83. The Morgan fingerprint density at radius 3 is 2.78 bits per heavy atom. The summed E-state index contributed by atoms with van der Waals surface area (Å²) in [7, 11) is 1.30. The number of anilines is 1. The maximum absolute atomic E-state index is 11.3. The molecule has 2 N–H and O–H groups in total. The van der Waals surface area contributed by atoms with E-state index in [0.29, 0.717) is 17.2 Å². The summed E-state index contributed by atoms with van der Waals surface area (Å²) in [5.74, 6) is 0.490. The molecule has 0 atom stereocenters. The number of nitrogen functional groups attached to an aromatic ring is 1. The molecule has 18 heavy (non-hydrogen) atoms. The van der Waals surface area contributed by atoms with E-state index < -0.39 is 5.97 Å². The highest BCUT2D eigenvalue weighted by Gasteiger charge is 2.09. The van der Waals surface area contributed by atoms with Gasteiger partial charge in [-0.1, -0.05) is 12.1 Å². The topological polar surface area (TPSA) is 74.4 Å². The molecule has 0 aliphatic carbocycles. The molecule has 5 nitrogen and oxygen atoms in total. The number of methoxy groups -OCH3 is 1. The second-order valence-electron chi connectivity index (χ2n) is 3.51. The van der Waals surface area contributed by atoms with E-state index >= 15 is 0 Å². The number of ether oxygens (including phenoxy) is 2. The smallest absolute Gasteiger partial charge is 0.356 e. The standard InChI is InChI=1S/C13H12N2O3/c1-17-13(16)11-8-9(6-7-15-11)18-12-5-3-2-4-10(12)14/h2-8H,14H2,1H3. The summed E-state index contributed by atoms with van der Waals surface area (Å²) in [5, 5.41) is 0. The Bertz CT molecular complexity index is 570. The summed E-state index contributed by atoms with van der Waals surface area (Å²) < 4.78 is 10.2. The van der Waals surface area contributed by atoms with Crippen molar-refractivity contribution >= 4 is 11.7 Å². The van der Waals surface area contributed by atoms with Crippen molar-refractivity contribution in [3.8, 4) is 11.5 Å². The molecule has 1 aromatic heterocycles. The molecule has 0 aliphatic rings. The fraction of sp³-hybridized carbons (Fsp3) is 0.0769. The number of nitrogens with two attached hydrogens (primary N) is 1. The number of carbonyl (C=O) groups excluding carboxylic acids is 1. The predicted molar refractivity (Wildman–Crippen MR) is 66.5 cm³/mol. The number of pyridine rings is 1. The minimum atomic E-state index is -0.513. The van der Waals surface area contributed by atoms with Crippen LogP contribution in [0.2, 0.25) is 0 Å². The first-order chi connectivity index (χ1) is 8.70. The van der Waals surface area contributed by atoms with Crippen LogP contribution in [0.25, 0.3) is 0 Å². The third-order valence-electron chi connectivity index (χ3n) is 2.27. The molecule has 0 amide bonds. The average molecular weight is 244 g/mol. The molecule has 0 aliphatic heterocycles. The number of hydrogen-bond donors (Lipinski definition) is 1. The van der Waals surface area contributed by atoms with Gasteiger partial charge < -0.3 is 15.2 Å². The number of nitrogens with zero attached hydrogens (tertiary/aromatic N) is 1. The fourth-order valence-electron chi connectivity index (χ4n) is 1.39. The van der Waals surface area contributed by atoms with E-state index in [2.05, 4.69) is 9.72 Å². The number of carbonyl (C=O) groups is 1. The number of aromatic nitrogens is 1. The van der Waals surface area contributed by atoms with Crippen LogP contribution < -0.4 is 10.5 Å². The molecular formula is C13H12N2O3. The van der Waals surface area contributed by atoms with Crippen molar-refractivity contribution < 1.29 is 14.3 Å². The molecule has 0 saturated heterocycles. The first kappa shape index (κ1) is 11.9. The molecule has 0 radical (unpaired) electrons. The number of benzene rings is 1. The van der Waals surface area contributed by atoms with Crippen LogP contribution in [0.3, 0.4) is 0 Å². The van der Waals surface area contributed by atoms with Gasteiger partial charge in [0.1, 0.15) is 11.5 Å². The summed E-state index contributed by atoms with van der Waals surface area (Å²) in [6.45, 7) is 0. The van der Waals surface area contributed by atoms with E-state index in [0.717, 1.165) is 0 Å². The van der Waals surface area contributed by atoms with Crippen molar-refractivity contribution in [3.05, 3.63) is 48.3 Å². The minimum absolute atomic E-state index is 0.185. The number of esters is 1. The summed E-state index contributed by atoms with van der Waals surface area (Å²) in [4.78, 5) is 15.2. The minimum Gasteiger partial charge on any atom is -0.464 e. The predicted octanol–water partition coefficient (Wildman–Crippen LogP) is 2.24. The Hall–Kier alpha value is -2.56. The van der Waals surface area contributed by atoms with Gasteiger partial charge in [0.05, 0.1) is 12.8 Å². The second kappa shape index (κ2) is 5.18. The molecule has 5 heteroatoms. The first-order valence-corrected chi connectivity index (χ1v) is 5.27. The SMILES string of the molecule is COC(=O)c1cc(Oc2ccccc2N)ccn1. The van der Waals surface area contributed by atoms with Crippen LogP contribution in [0.1, 0.15) is 10.5 Å². The van der Waals surface area contributed by atoms with Gasteiger partial charge in [0.15, 0.2) is 5.69 Å². The van der Waals surface area contributed by atoms with Gasteiger partial charge in [0, 0.05) is 12.3 Å². The molecule has 1 heterocycles. The van der Waals surface area contributed by atoms with Gasteiger partial charge in [-0.3, -0.25) is 0 Å². The van der Waals surface area contributed by atoms with E-state index in [1.807, 2.05) is 12.1 Å². The van der Waals surface area contributed by atoms with Gasteiger partial charge in [-0.15, -0.1) is 0 Å². The Kier molecular flexibility index (Phi) is 3.43.